The summed E-state index contributed by atoms with van der Waals surface area (Å²) in [5, 5.41) is 0. The maximum Gasteiger partial charge on any atom is -1.00 e. The van der Waals surface area contributed by atoms with E-state index in [1.165, 1.54) is 47.0 Å². The summed E-state index contributed by atoms with van der Waals surface area (Å²) in [4.78, 5) is 0. The molecule has 0 amide bonds. The Bertz CT molecular complexity index is 2260. The fourth-order valence-corrected chi connectivity index (χ4v) is 9.45. The molecule has 2 aliphatic carbocycles. The van der Waals surface area contributed by atoms with Gasteiger partial charge in [0.2, 0.25) is 0 Å². The molecule has 5 aromatic carbocycles. The second-order valence-corrected chi connectivity index (χ2v) is 17.8. The number of rotatable bonds is 5. The van der Waals surface area contributed by atoms with Crippen LogP contribution in [0.2, 0.25) is 0 Å². The molecule has 5 aromatic rings. The van der Waals surface area contributed by atoms with Crippen LogP contribution in [0, 0.1) is 0 Å². The largest absolute Gasteiger partial charge is 1.00 e. The van der Waals surface area contributed by atoms with Crippen molar-refractivity contribution in [3.63, 3.8) is 0 Å². The van der Waals surface area contributed by atoms with Crippen LogP contribution in [-0.2, 0) is 54.3 Å². The maximum atomic E-state index is 14.2. The molecule has 0 N–H and O–H groups in total. The molecule has 0 saturated carbocycles. The molecular formula is C47H41Cl2F6Zr. The van der Waals surface area contributed by atoms with Gasteiger partial charge >= 0.3 is 331 Å². The fourth-order valence-electron chi connectivity index (χ4n) is 7.96. The van der Waals surface area contributed by atoms with Gasteiger partial charge in [0.15, 0.2) is 0 Å². The number of hydrogen-bond acceptors (Lipinski definition) is 0. The van der Waals surface area contributed by atoms with Crippen molar-refractivity contribution >= 4 is 20.5 Å². The normalized spacial score (nSPS) is 16.9. The molecule has 2 aliphatic rings. The van der Waals surface area contributed by atoms with Crippen LogP contribution in [0.5, 0.6) is 0 Å². The van der Waals surface area contributed by atoms with E-state index in [4.69, 9.17) is 0 Å². The first-order valence-corrected chi connectivity index (χ1v) is 19.3. The van der Waals surface area contributed by atoms with E-state index in [0.29, 0.717) is 5.57 Å². The Hall–Kier alpha value is -3.38. The average molecular weight is 882 g/mol. The Morgan fingerprint density at radius 2 is 1.02 bits per heavy atom. The van der Waals surface area contributed by atoms with Crippen molar-refractivity contribution < 1.29 is 75.9 Å². The van der Waals surface area contributed by atoms with Crippen molar-refractivity contribution in [2.45, 2.75) is 83.0 Å². The summed E-state index contributed by atoms with van der Waals surface area (Å²) in [6, 6.07) is 32.9. The molecule has 0 bridgehead atoms. The molecule has 56 heavy (non-hydrogen) atoms. The molecule has 2 unspecified atom stereocenters. The molecule has 0 spiro atoms. The standard InChI is InChI=1S/C47H41F6.2ClH.Zr/c1-44(2,3)32-20-30(21-33(25-32)45(4,5)6)39-27-42-37(41(39)19-28-13-8-7-9-14-28)17-12-18-38(42)43-36-16-11-10-15-29(36)24-40(43)31-22-34(46(48,49)50)26-35(23-31)47(51,52)53;;;/h7-18,20-26,41,43H,19H2,1-6H3;2*1H;/q;;;+2/p-2. The zero-order chi connectivity index (χ0) is 39.0. The molecule has 0 radical (unpaired) electrons. The Balaban J connectivity index is 0.00000300. The zero-order valence-corrected chi connectivity index (χ0v) is 35.8. The average Bonchev–Trinajstić information content (AvgIpc) is 3.62. The zero-order valence-electron chi connectivity index (χ0n) is 31.9. The fraction of sp³-hybridized carbons (Fsp3) is 0.277. The van der Waals surface area contributed by atoms with Gasteiger partial charge in [0.1, 0.15) is 0 Å². The molecular weight excluding hydrogens is 841 g/mol. The predicted molar refractivity (Wildman–Crippen MR) is 203 cm³/mol. The van der Waals surface area contributed by atoms with E-state index in [1.807, 2.05) is 54.6 Å². The first kappa shape index (κ1) is 43.7. The summed E-state index contributed by atoms with van der Waals surface area (Å²) in [5.74, 6) is -0.604. The van der Waals surface area contributed by atoms with Crippen LogP contribution in [0.4, 0.5) is 26.3 Å². The number of halogens is 8. The summed E-state index contributed by atoms with van der Waals surface area (Å²) in [7, 11) is 0. The van der Waals surface area contributed by atoms with Gasteiger partial charge in [-0.15, -0.1) is 0 Å². The van der Waals surface area contributed by atoms with Crippen molar-refractivity contribution in [2.24, 2.45) is 0 Å². The van der Waals surface area contributed by atoms with Gasteiger partial charge in [0.25, 0.3) is 0 Å². The second kappa shape index (κ2) is 15.8. The van der Waals surface area contributed by atoms with Gasteiger partial charge in [0.05, 0.1) is 0 Å². The monoisotopic (exact) mass is 879 g/mol. The molecule has 0 aromatic heterocycles. The minimum Gasteiger partial charge on any atom is -1.00 e. The van der Waals surface area contributed by atoms with E-state index < -0.39 is 29.4 Å². The first-order valence-electron chi connectivity index (χ1n) is 18.1. The van der Waals surface area contributed by atoms with Gasteiger partial charge in [-0.1, -0.05) is 0 Å². The van der Waals surface area contributed by atoms with Crippen LogP contribution in [-0.4, -0.2) is 0 Å². The molecule has 289 valence electrons. The van der Waals surface area contributed by atoms with E-state index >= 15 is 0 Å². The second-order valence-electron chi connectivity index (χ2n) is 16.6. The minimum atomic E-state index is -4.96. The number of alkyl halides is 6. The number of fused-ring (bicyclic) bond motifs is 2. The molecule has 2 atom stereocenters. The first-order chi connectivity index (χ1) is 25.2. The molecule has 0 saturated heterocycles. The number of hydrogen-bond donors (Lipinski definition) is 0. The van der Waals surface area contributed by atoms with Gasteiger partial charge < -0.3 is 24.8 Å². The van der Waals surface area contributed by atoms with E-state index in [0.717, 1.165) is 55.2 Å². The summed E-state index contributed by atoms with van der Waals surface area (Å²) in [5.41, 5.74) is 8.18. The van der Waals surface area contributed by atoms with Crippen molar-refractivity contribution in [3.05, 3.63) is 176 Å². The predicted octanol–water partition coefficient (Wildman–Crippen LogP) is 7.77. The Morgan fingerprint density at radius 1 is 0.536 bits per heavy atom. The van der Waals surface area contributed by atoms with E-state index in [9.17, 15) is 26.3 Å². The Morgan fingerprint density at radius 3 is 1.57 bits per heavy atom. The van der Waals surface area contributed by atoms with Crippen molar-refractivity contribution in [2.75, 3.05) is 0 Å². The van der Waals surface area contributed by atoms with Gasteiger partial charge in [-0.2, -0.15) is 0 Å². The summed E-state index contributed by atoms with van der Waals surface area (Å²) < 4.78 is 86.2. The van der Waals surface area contributed by atoms with E-state index in [-0.39, 0.29) is 53.2 Å². The third-order valence-electron chi connectivity index (χ3n) is 10.8. The molecule has 0 heterocycles. The van der Waals surface area contributed by atoms with Gasteiger partial charge in [-0.3, -0.25) is 0 Å². The minimum absolute atomic E-state index is 0. The Labute approximate surface area is 353 Å². The third-order valence-corrected chi connectivity index (χ3v) is 12.1. The molecule has 9 heteroatoms. The van der Waals surface area contributed by atoms with Crippen LogP contribution < -0.4 is 24.8 Å². The summed E-state index contributed by atoms with van der Waals surface area (Å²) >= 11 is 1.18. The third kappa shape index (κ3) is 8.43. The van der Waals surface area contributed by atoms with Crippen LogP contribution in [0.1, 0.15) is 120 Å². The molecule has 0 nitrogen and oxygen atoms in total. The van der Waals surface area contributed by atoms with Crippen LogP contribution in [0.15, 0.2) is 109 Å². The quantitative estimate of drug-likeness (QED) is 0.159. The number of allylic oxidation sites excluding steroid dienone is 2. The molecule has 0 fully saturated rings. The topological polar surface area (TPSA) is 0 Å². The van der Waals surface area contributed by atoms with Crippen LogP contribution in [0.3, 0.4) is 0 Å². The van der Waals surface area contributed by atoms with E-state index in [2.05, 4.69) is 77.9 Å². The van der Waals surface area contributed by atoms with Crippen LogP contribution >= 0.6 is 0 Å². The van der Waals surface area contributed by atoms with Crippen molar-refractivity contribution in [1.82, 2.24) is 0 Å². The summed E-state index contributed by atoms with van der Waals surface area (Å²) in [6.45, 7) is 13.3. The smallest absolute Gasteiger partial charge is 1.00 e. The molecule has 0 aliphatic heterocycles. The Kier molecular flexibility index (Phi) is 12.3. The van der Waals surface area contributed by atoms with Crippen molar-refractivity contribution in [1.29, 1.82) is 0 Å². The molecule has 7 rings (SSSR count). The van der Waals surface area contributed by atoms with Crippen LogP contribution in [0.25, 0.3) is 20.5 Å². The maximum absolute atomic E-state index is 14.2. The van der Waals surface area contributed by atoms with Gasteiger partial charge in [-0.05, 0) is 0 Å². The van der Waals surface area contributed by atoms with Gasteiger partial charge in [-0.25, -0.2) is 0 Å². The summed E-state index contributed by atoms with van der Waals surface area (Å²) in [6.07, 6.45) is -7.41. The SMILES string of the molecule is CC(C)(C)c1cc(C2=[C]([Zr+2])c3c(cccc3C3C(c4cc(C(F)(F)F)cc(C(F)(F)F)c4)=Cc4ccccc43)C2Cc2ccccc2)cc(C(C)(C)C)c1.[Cl-].[Cl-]. The van der Waals surface area contributed by atoms with E-state index in [1.54, 1.807) is 6.08 Å². The van der Waals surface area contributed by atoms with Gasteiger partial charge in [0, 0.05) is 0 Å². The number of benzene rings is 5. The van der Waals surface area contributed by atoms with Crippen molar-refractivity contribution in [3.8, 4) is 0 Å².